The lowest BCUT2D eigenvalue weighted by Gasteiger charge is -1.96. The van der Waals surface area contributed by atoms with E-state index < -0.39 is 0 Å². The van der Waals surface area contributed by atoms with Gasteiger partial charge >= 0.3 is 0 Å². The predicted molar refractivity (Wildman–Crippen MR) is 55.0 cm³/mol. The van der Waals surface area contributed by atoms with Gasteiger partial charge in [0.1, 0.15) is 5.82 Å². The fourth-order valence-electron chi connectivity index (χ4n) is 1.04. The summed E-state index contributed by atoms with van der Waals surface area (Å²) in [4.78, 5) is 0. The standard InChI is InChI=1S/C7H5Br2N3/c8-4-1-5(9)6-2-7(10)11-12(6)3-4/h1-3H,(H2,10,11). The van der Waals surface area contributed by atoms with E-state index in [0.717, 1.165) is 14.5 Å². The Hall–Kier alpha value is -0.550. The van der Waals surface area contributed by atoms with Gasteiger partial charge in [-0.3, -0.25) is 0 Å². The third-order valence-electron chi connectivity index (χ3n) is 1.51. The molecule has 2 aromatic heterocycles. The van der Waals surface area contributed by atoms with Gasteiger partial charge in [-0.25, -0.2) is 4.52 Å². The number of nitrogens with two attached hydrogens (primary N) is 1. The fraction of sp³-hybridized carbons (Fsp3) is 0. The molecule has 0 aliphatic carbocycles. The van der Waals surface area contributed by atoms with Crippen LogP contribution in [0.4, 0.5) is 5.82 Å². The summed E-state index contributed by atoms with van der Waals surface area (Å²) >= 11 is 6.78. The van der Waals surface area contributed by atoms with Gasteiger partial charge in [-0.05, 0) is 37.9 Å². The number of nitrogens with zero attached hydrogens (tertiary/aromatic N) is 2. The summed E-state index contributed by atoms with van der Waals surface area (Å²) < 4.78 is 3.66. The van der Waals surface area contributed by atoms with Crippen molar-refractivity contribution in [2.75, 3.05) is 5.73 Å². The van der Waals surface area contributed by atoms with Gasteiger partial charge in [0, 0.05) is 21.2 Å². The highest BCUT2D eigenvalue weighted by Gasteiger charge is 2.02. The van der Waals surface area contributed by atoms with Crippen LogP contribution in [0.3, 0.4) is 0 Å². The van der Waals surface area contributed by atoms with Crippen molar-refractivity contribution in [1.82, 2.24) is 9.61 Å². The van der Waals surface area contributed by atoms with E-state index in [2.05, 4.69) is 37.0 Å². The Balaban J connectivity index is 2.88. The molecule has 0 unspecified atom stereocenters. The Morgan fingerprint density at radius 2 is 2.08 bits per heavy atom. The molecular formula is C7H5Br2N3. The van der Waals surface area contributed by atoms with Crippen LogP contribution in [0.2, 0.25) is 0 Å². The maximum absolute atomic E-state index is 5.54. The molecule has 0 bridgehead atoms. The Morgan fingerprint density at radius 1 is 1.33 bits per heavy atom. The maximum atomic E-state index is 5.54. The molecule has 0 aliphatic rings. The summed E-state index contributed by atoms with van der Waals surface area (Å²) in [5.41, 5.74) is 6.51. The summed E-state index contributed by atoms with van der Waals surface area (Å²) in [6, 6.07) is 3.77. The zero-order valence-electron chi connectivity index (χ0n) is 5.96. The molecule has 0 atom stereocenters. The van der Waals surface area contributed by atoms with Crippen molar-refractivity contribution < 1.29 is 0 Å². The van der Waals surface area contributed by atoms with E-state index >= 15 is 0 Å². The molecule has 0 aliphatic heterocycles. The minimum Gasteiger partial charge on any atom is -0.382 e. The molecule has 5 heteroatoms. The molecule has 2 heterocycles. The van der Waals surface area contributed by atoms with Gasteiger partial charge in [0.2, 0.25) is 0 Å². The normalized spacial score (nSPS) is 10.8. The molecule has 2 aromatic rings. The zero-order valence-corrected chi connectivity index (χ0v) is 9.13. The average Bonchev–Trinajstić information content (AvgIpc) is 2.29. The van der Waals surface area contributed by atoms with Gasteiger partial charge in [0.05, 0.1) is 5.52 Å². The second-order valence-corrected chi connectivity index (χ2v) is 4.18. The third kappa shape index (κ3) is 1.23. The maximum Gasteiger partial charge on any atom is 0.146 e. The quantitative estimate of drug-likeness (QED) is 0.810. The van der Waals surface area contributed by atoms with Crippen LogP contribution in [-0.4, -0.2) is 9.61 Å². The van der Waals surface area contributed by atoms with Gasteiger partial charge < -0.3 is 5.73 Å². The number of hydrogen-bond acceptors (Lipinski definition) is 2. The number of halogens is 2. The molecule has 0 spiro atoms. The second kappa shape index (κ2) is 2.74. The number of pyridine rings is 1. The lowest BCUT2D eigenvalue weighted by Crippen LogP contribution is -1.89. The van der Waals surface area contributed by atoms with Crippen molar-refractivity contribution in [2.45, 2.75) is 0 Å². The highest BCUT2D eigenvalue weighted by atomic mass is 79.9. The number of anilines is 1. The third-order valence-corrected chi connectivity index (χ3v) is 2.58. The second-order valence-electron chi connectivity index (χ2n) is 2.41. The van der Waals surface area contributed by atoms with Crippen molar-refractivity contribution in [3.63, 3.8) is 0 Å². The summed E-state index contributed by atoms with van der Waals surface area (Å²) in [7, 11) is 0. The van der Waals surface area contributed by atoms with Crippen molar-refractivity contribution in [1.29, 1.82) is 0 Å². The number of nitrogen functional groups attached to an aromatic ring is 1. The van der Waals surface area contributed by atoms with Crippen molar-refractivity contribution in [3.05, 3.63) is 27.3 Å². The smallest absolute Gasteiger partial charge is 0.146 e. The van der Waals surface area contributed by atoms with Crippen LogP contribution in [0.5, 0.6) is 0 Å². The molecule has 0 saturated heterocycles. The predicted octanol–water partition coefficient (Wildman–Crippen LogP) is 2.44. The van der Waals surface area contributed by atoms with E-state index in [-0.39, 0.29) is 0 Å². The van der Waals surface area contributed by atoms with E-state index in [1.165, 1.54) is 0 Å². The first kappa shape index (κ1) is 8.07. The van der Waals surface area contributed by atoms with Crippen LogP contribution in [0.15, 0.2) is 27.3 Å². The first-order valence-corrected chi connectivity index (χ1v) is 4.85. The molecule has 62 valence electrons. The first-order chi connectivity index (χ1) is 5.66. The van der Waals surface area contributed by atoms with E-state index in [9.17, 15) is 0 Å². The molecule has 12 heavy (non-hydrogen) atoms. The lowest BCUT2D eigenvalue weighted by atomic mass is 10.4. The Morgan fingerprint density at radius 3 is 2.83 bits per heavy atom. The van der Waals surface area contributed by atoms with Gasteiger partial charge in [-0.15, -0.1) is 0 Å². The molecule has 2 N–H and O–H groups in total. The summed E-state index contributed by atoms with van der Waals surface area (Å²) in [5.74, 6) is 0.522. The lowest BCUT2D eigenvalue weighted by molar-refractivity contribution is 0.960. The molecule has 0 radical (unpaired) electrons. The number of rotatable bonds is 0. The van der Waals surface area contributed by atoms with Crippen LogP contribution < -0.4 is 5.73 Å². The van der Waals surface area contributed by atoms with E-state index in [1.807, 2.05) is 18.3 Å². The van der Waals surface area contributed by atoms with E-state index in [4.69, 9.17) is 5.73 Å². The molecule has 0 fully saturated rings. The Labute approximate surface area is 85.8 Å². The van der Waals surface area contributed by atoms with Crippen LogP contribution in [0.1, 0.15) is 0 Å². The Kier molecular flexibility index (Phi) is 1.84. The largest absolute Gasteiger partial charge is 0.382 e. The minimum absolute atomic E-state index is 0.522. The van der Waals surface area contributed by atoms with Gasteiger partial charge in [-0.2, -0.15) is 5.10 Å². The number of aromatic nitrogens is 2. The summed E-state index contributed by atoms with van der Waals surface area (Å²) in [6.07, 6.45) is 1.86. The van der Waals surface area contributed by atoms with Crippen LogP contribution in [0, 0.1) is 0 Å². The first-order valence-electron chi connectivity index (χ1n) is 3.27. The molecule has 0 amide bonds. The molecular weight excluding hydrogens is 286 g/mol. The number of fused-ring (bicyclic) bond motifs is 1. The van der Waals surface area contributed by atoms with Crippen LogP contribution >= 0.6 is 31.9 Å². The summed E-state index contributed by atoms with van der Waals surface area (Å²) in [5, 5.41) is 4.07. The topological polar surface area (TPSA) is 43.3 Å². The fourth-order valence-corrected chi connectivity index (χ4v) is 2.31. The minimum atomic E-state index is 0.522. The van der Waals surface area contributed by atoms with Gasteiger partial charge in [0.25, 0.3) is 0 Å². The summed E-state index contributed by atoms with van der Waals surface area (Å²) in [6.45, 7) is 0. The average molecular weight is 291 g/mol. The van der Waals surface area contributed by atoms with E-state index in [1.54, 1.807) is 4.52 Å². The van der Waals surface area contributed by atoms with Crippen LogP contribution in [0.25, 0.3) is 5.52 Å². The molecule has 3 nitrogen and oxygen atoms in total. The molecule has 0 saturated carbocycles. The highest BCUT2D eigenvalue weighted by Crippen LogP contribution is 2.23. The van der Waals surface area contributed by atoms with E-state index in [0.29, 0.717) is 5.82 Å². The highest BCUT2D eigenvalue weighted by molar-refractivity contribution is 9.11. The van der Waals surface area contributed by atoms with Crippen molar-refractivity contribution in [3.8, 4) is 0 Å². The van der Waals surface area contributed by atoms with Crippen LogP contribution in [-0.2, 0) is 0 Å². The Bertz CT molecular complexity index is 435. The number of hydrogen-bond donors (Lipinski definition) is 1. The zero-order chi connectivity index (χ0) is 8.72. The van der Waals surface area contributed by atoms with Gasteiger partial charge in [-0.1, -0.05) is 0 Å². The SMILES string of the molecule is Nc1cc2c(Br)cc(Br)cn2n1. The monoisotopic (exact) mass is 289 g/mol. The molecule has 0 aromatic carbocycles. The molecule has 2 rings (SSSR count). The van der Waals surface area contributed by atoms with Gasteiger partial charge in [0.15, 0.2) is 0 Å². The van der Waals surface area contributed by atoms with Crippen molar-refractivity contribution in [2.24, 2.45) is 0 Å². The van der Waals surface area contributed by atoms with Crippen molar-refractivity contribution >= 4 is 43.2 Å².